The molecule has 0 unspecified atom stereocenters. The minimum atomic E-state index is -0.266. The second kappa shape index (κ2) is 3.22. The highest BCUT2D eigenvalue weighted by Gasteiger charge is 2.25. The lowest BCUT2D eigenvalue weighted by Gasteiger charge is -2.32. The van der Waals surface area contributed by atoms with Crippen LogP contribution < -0.4 is 4.90 Å². The summed E-state index contributed by atoms with van der Waals surface area (Å²) in [5.41, 5.74) is 2.27. The molecule has 1 aromatic carbocycles. The van der Waals surface area contributed by atoms with Crippen molar-refractivity contribution in [2.75, 3.05) is 19.0 Å². The van der Waals surface area contributed by atoms with Gasteiger partial charge in [0.15, 0.2) is 0 Å². The smallest absolute Gasteiger partial charge is 0.323 e. The maximum absolute atomic E-state index is 13.4. The minimum Gasteiger partial charge on any atom is -0.323 e. The van der Waals surface area contributed by atoms with Gasteiger partial charge in [0, 0.05) is 20.6 Å². The molecule has 15 heavy (non-hydrogen) atoms. The van der Waals surface area contributed by atoms with Crippen molar-refractivity contribution in [3.8, 4) is 0 Å². The summed E-state index contributed by atoms with van der Waals surface area (Å²) >= 11 is 0. The predicted octanol–water partition coefficient (Wildman–Crippen LogP) is 2.14. The van der Waals surface area contributed by atoms with Gasteiger partial charge in [0.2, 0.25) is 0 Å². The molecular weight excluding hydrogens is 195 g/mol. The lowest BCUT2D eigenvalue weighted by Crippen LogP contribution is -2.42. The summed E-state index contributed by atoms with van der Waals surface area (Å²) < 4.78 is 13.4. The molecule has 1 heterocycles. The number of halogens is 1. The van der Waals surface area contributed by atoms with Gasteiger partial charge < -0.3 is 4.90 Å². The van der Waals surface area contributed by atoms with Crippen LogP contribution >= 0.6 is 0 Å². The Morgan fingerprint density at radius 2 is 2.00 bits per heavy atom. The molecule has 0 fully saturated rings. The summed E-state index contributed by atoms with van der Waals surface area (Å²) in [6.45, 7) is 2.27. The van der Waals surface area contributed by atoms with Crippen LogP contribution in [0.2, 0.25) is 0 Å². The second-order valence-electron chi connectivity index (χ2n) is 3.93. The molecule has 0 N–H and O–H groups in total. The Morgan fingerprint density at radius 3 is 2.67 bits per heavy atom. The van der Waals surface area contributed by atoms with Crippen LogP contribution in [-0.4, -0.2) is 25.0 Å². The molecule has 1 aromatic rings. The molecule has 4 heteroatoms. The molecule has 1 aliphatic heterocycles. The van der Waals surface area contributed by atoms with Gasteiger partial charge in [-0.25, -0.2) is 9.18 Å². The molecular formula is C11H13FN2O. The molecule has 0 saturated carbocycles. The van der Waals surface area contributed by atoms with Gasteiger partial charge in [-0.1, -0.05) is 0 Å². The number of fused-ring (bicyclic) bond motifs is 1. The third-order valence-electron chi connectivity index (χ3n) is 2.74. The first kappa shape index (κ1) is 9.96. The first-order chi connectivity index (χ1) is 7.00. The van der Waals surface area contributed by atoms with Gasteiger partial charge in [0.25, 0.3) is 0 Å². The Balaban J connectivity index is 2.56. The van der Waals surface area contributed by atoms with E-state index in [0.29, 0.717) is 17.8 Å². The summed E-state index contributed by atoms with van der Waals surface area (Å²) in [4.78, 5) is 14.7. The fourth-order valence-corrected chi connectivity index (χ4v) is 1.85. The van der Waals surface area contributed by atoms with E-state index >= 15 is 0 Å². The lowest BCUT2D eigenvalue weighted by molar-refractivity contribution is 0.212. The maximum Gasteiger partial charge on any atom is 0.324 e. The van der Waals surface area contributed by atoms with Crippen LogP contribution in [0.4, 0.5) is 14.9 Å². The van der Waals surface area contributed by atoms with E-state index in [9.17, 15) is 9.18 Å². The summed E-state index contributed by atoms with van der Waals surface area (Å²) in [7, 11) is 3.39. The van der Waals surface area contributed by atoms with Crippen molar-refractivity contribution in [1.29, 1.82) is 0 Å². The summed E-state index contributed by atoms with van der Waals surface area (Å²) in [5.74, 6) is -0.266. The zero-order chi connectivity index (χ0) is 11.2. The Labute approximate surface area is 88.1 Å². The average molecular weight is 208 g/mol. The molecule has 0 spiro atoms. The van der Waals surface area contributed by atoms with Crippen molar-refractivity contribution in [2.24, 2.45) is 0 Å². The van der Waals surface area contributed by atoms with E-state index in [0.717, 1.165) is 5.56 Å². The maximum atomic E-state index is 13.4. The first-order valence-electron chi connectivity index (χ1n) is 4.78. The first-order valence-corrected chi connectivity index (χ1v) is 4.78. The Hall–Kier alpha value is -1.58. The van der Waals surface area contributed by atoms with Gasteiger partial charge in [0.05, 0.1) is 5.69 Å². The van der Waals surface area contributed by atoms with Gasteiger partial charge in [-0.2, -0.15) is 0 Å². The molecule has 0 radical (unpaired) electrons. The third-order valence-corrected chi connectivity index (χ3v) is 2.74. The van der Waals surface area contributed by atoms with E-state index in [1.54, 1.807) is 32.0 Å². The van der Waals surface area contributed by atoms with E-state index in [1.165, 1.54) is 11.0 Å². The minimum absolute atomic E-state index is 0.106. The van der Waals surface area contributed by atoms with Crippen LogP contribution in [0.25, 0.3) is 0 Å². The van der Waals surface area contributed by atoms with Crippen LogP contribution in [-0.2, 0) is 6.54 Å². The summed E-state index contributed by atoms with van der Waals surface area (Å²) in [5, 5.41) is 0. The second-order valence-corrected chi connectivity index (χ2v) is 3.93. The summed E-state index contributed by atoms with van der Waals surface area (Å²) in [6.07, 6.45) is 0. The van der Waals surface area contributed by atoms with Crippen molar-refractivity contribution in [1.82, 2.24) is 4.90 Å². The van der Waals surface area contributed by atoms with Crippen molar-refractivity contribution in [3.05, 3.63) is 29.1 Å². The number of hydrogen-bond acceptors (Lipinski definition) is 1. The largest absolute Gasteiger partial charge is 0.324 e. The zero-order valence-electron chi connectivity index (χ0n) is 9.04. The molecule has 3 nitrogen and oxygen atoms in total. The Bertz CT molecular complexity index is 431. The van der Waals surface area contributed by atoms with Crippen LogP contribution in [0.5, 0.6) is 0 Å². The third kappa shape index (κ3) is 1.46. The fraction of sp³-hybridized carbons (Fsp3) is 0.364. The molecule has 0 aromatic heterocycles. The van der Waals surface area contributed by atoms with E-state index in [2.05, 4.69) is 0 Å². The van der Waals surface area contributed by atoms with Crippen LogP contribution in [0, 0.1) is 12.7 Å². The van der Waals surface area contributed by atoms with Crippen molar-refractivity contribution in [2.45, 2.75) is 13.5 Å². The molecule has 80 valence electrons. The molecule has 0 atom stereocenters. The highest BCUT2D eigenvalue weighted by atomic mass is 19.1. The standard InChI is InChI=1S/C11H13FN2O/c1-7-4-8-6-13(2)11(15)14(3)10(8)5-9(7)12/h4-5H,6H2,1-3H3. The van der Waals surface area contributed by atoms with Gasteiger partial charge in [-0.05, 0) is 30.2 Å². The number of hydrogen-bond donors (Lipinski definition) is 0. The lowest BCUT2D eigenvalue weighted by atomic mass is 10.1. The quantitative estimate of drug-likeness (QED) is 0.640. The number of nitrogens with zero attached hydrogens (tertiary/aromatic N) is 2. The average Bonchev–Trinajstić information content (AvgIpc) is 2.19. The van der Waals surface area contributed by atoms with Crippen LogP contribution in [0.15, 0.2) is 12.1 Å². The van der Waals surface area contributed by atoms with Crippen molar-refractivity contribution < 1.29 is 9.18 Å². The van der Waals surface area contributed by atoms with Gasteiger partial charge in [0.1, 0.15) is 5.82 Å². The van der Waals surface area contributed by atoms with E-state index in [-0.39, 0.29) is 11.8 Å². The molecule has 0 aliphatic carbocycles. The predicted molar refractivity (Wildman–Crippen MR) is 56.4 cm³/mol. The topological polar surface area (TPSA) is 23.6 Å². The van der Waals surface area contributed by atoms with Crippen molar-refractivity contribution in [3.63, 3.8) is 0 Å². The molecule has 1 aliphatic rings. The van der Waals surface area contributed by atoms with E-state index in [4.69, 9.17) is 0 Å². The van der Waals surface area contributed by atoms with Gasteiger partial charge >= 0.3 is 6.03 Å². The fourth-order valence-electron chi connectivity index (χ4n) is 1.85. The van der Waals surface area contributed by atoms with E-state index in [1.807, 2.05) is 0 Å². The molecule has 0 saturated heterocycles. The van der Waals surface area contributed by atoms with Gasteiger partial charge in [-0.15, -0.1) is 0 Å². The number of carbonyl (C=O) groups excluding carboxylic acids is 1. The number of amides is 2. The Morgan fingerprint density at radius 1 is 1.33 bits per heavy atom. The van der Waals surface area contributed by atoms with E-state index < -0.39 is 0 Å². The number of rotatable bonds is 0. The SMILES string of the molecule is Cc1cc2c(cc1F)N(C)C(=O)N(C)C2. The number of aryl methyl sites for hydroxylation is 1. The highest BCUT2D eigenvalue weighted by molar-refractivity contribution is 5.94. The molecule has 2 rings (SSSR count). The summed E-state index contributed by atoms with van der Waals surface area (Å²) in [6, 6.07) is 3.12. The zero-order valence-corrected chi connectivity index (χ0v) is 9.04. The van der Waals surface area contributed by atoms with Crippen LogP contribution in [0.3, 0.4) is 0 Å². The number of benzene rings is 1. The number of carbonyl (C=O) groups is 1. The Kier molecular flexibility index (Phi) is 2.14. The van der Waals surface area contributed by atoms with Crippen molar-refractivity contribution >= 4 is 11.7 Å². The monoisotopic (exact) mass is 208 g/mol. The molecule has 2 amide bonds. The van der Waals surface area contributed by atoms with Crippen LogP contribution in [0.1, 0.15) is 11.1 Å². The number of urea groups is 1. The molecule has 0 bridgehead atoms. The number of anilines is 1. The highest BCUT2D eigenvalue weighted by Crippen LogP contribution is 2.28. The van der Waals surface area contributed by atoms with Gasteiger partial charge in [-0.3, -0.25) is 4.90 Å². The normalized spacial score (nSPS) is 15.6.